The van der Waals surface area contributed by atoms with Crippen molar-refractivity contribution in [2.45, 2.75) is 20.4 Å². The minimum atomic E-state index is -0.347. The fourth-order valence-corrected chi connectivity index (χ4v) is 1.82. The number of allylic oxidation sites excluding steroid dienone is 1. The van der Waals surface area contributed by atoms with Crippen molar-refractivity contribution in [1.29, 1.82) is 0 Å². The minimum absolute atomic E-state index is 0.149. The molecule has 0 saturated carbocycles. The van der Waals surface area contributed by atoms with Gasteiger partial charge in [-0.1, -0.05) is 0 Å². The summed E-state index contributed by atoms with van der Waals surface area (Å²) >= 11 is 0. The lowest BCUT2D eigenvalue weighted by Gasteiger charge is -1.98. The second-order valence-corrected chi connectivity index (χ2v) is 4.21. The highest BCUT2D eigenvalue weighted by atomic mass is 19.1. The largest absolute Gasteiger partial charge is 0.289 e. The molecule has 0 unspecified atom stereocenters. The summed E-state index contributed by atoms with van der Waals surface area (Å²) in [6.45, 7) is 4.77. The molecule has 0 atom stereocenters. The summed E-state index contributed by atoms with van der Waals surface area (Å²) in [5.41, 5.74) is 2.40. The first kappa shape index (κ1) is 13.2. The van der Waals surface area contributed by atoms with Gasteiger partial charge in [0.25, 0.3) is 0 Å². The molecule has 0 fully saturated rings. The van der Waals surface area contributed by atoms with E-state index in [1.54, 1.807) is 12.3 Å². The first-order chi connectivity index (χ1) is 9.11. The Morgan fingerprint density at radius 1 is 1.37 bits per heavy atom. The number of carbonyl (C=O) groups is 1. The molecule has 0 saturated heterocycles. The maximum absolute atomic E-state index is 12.8. The lowest BCUT2D eigenvalue weighted by Crippen LogP contribution is -1.98. The molecule has 0 aliphatic carbocycles. The first-order valence-corrected chi connectivity index (χ1v) is 6.12. The van der Waals surface area contributed by atoms with Gasteiger partial charge in [-0.15, -0.1) is 0 Å². The van der Waals surface area contributed by atoms with Crippen LogP contribution in [0.2, 0.25) is 0 Å². The van der Waals surface area contributed by atoms with Gasteiger partial charge >= 0.3 is 0 Å². The van der Waals surface area contributed by atoms with Crippen LogP contribution < -0.4 is 0 Å². The van der Waals surface area contributed by atoms with Gasteiger partial charge in [-0.2, -0.15) is 5.10 Å². The Kier molecular flexibility index (Phi) is 3.90. The van der Waals surface area contributed by atoms with Gasteiger partial charge in [0.2, 0.25) is 0 Å². The summed E-state index contributed by atoms with van der Waals surface area (Å²) in [6, 6.07) is 5.51. The molecule has 4 heteroatoms. The second kappa shape index (κ2) is 5.61. The van der Waals surface area contributed by atoms with Crippen molar-refractivity contribution >= 4 is 11.9 Å². The molecular weight excluding hydrogens is 243 g/mol. The van der Waals surface area contributed by atoms with Crippen LogP contribution in [0.5, 0.6) is 0 Å². The Labute approximate surface area is 111 Å². The number of nitrogens with zero attached hydrogens (tertiary/aromatic N) is 2. The fraction of sp³-hybridized carbons (Fsp3) is 0.200. The Morgan fingerprint density at radius 3 is 2.63 bits per heavy atom. The Morgan fingerprint density at radius 2 is 2.05 bits per heavy atom. The number of aromatic nitrogens is 2. The number of halogens is 1. The van der Waals surface area contributed by atoms with Crippen LogP contribution in [0.15, 0.2) is 36.5 Å². The van der Waals surface area contributed by atoms with E-state index >= 15 is 0 Å². The first-order valence-electron chi connectivity index (χ1n) is 6.12. The predicted molar refractivity (Wildman–Crippen MR) is 72.4 cm³/mol. The van der Waals surface area contributed by atoms with E-state index in [-0.39, 0.29) is 11.6 Å². The monoisotopic (exact) mass is 258 g/mol. The molecule has 0 aliphatic heterocycles. The van der Waals surface area contributed by atoms with Crippen LogP contribution in [-0.2, 0) is 6.54 Å². The maximum Gasteiger partial charge on any atom is 0.185 e. The van der Waals surface area contributed by atoms with Gasteiger partial charge in [0.1, 0.15) is 5.82 Å². The average Bonchev–Trinajstić information content (AvgIpc) is 2.77. The van der Waals surface area contributed by atoms with Crippen molar-refractivity contribution in [1.82, 2.24) is 9.78 Å². The standard InChI is InChI=1S/C15H15FN2O/c1-3-18-11(2)13(10-17-18)6-9-15(19)12-4-7-14(16)8-5-12/h4-10H,3H2,1-2H3/b9-6+. The van der Waals surface area contributed by atoms with Crippen molar-refractivity contribution in [3.8, 4) is 0 Å². The van der Waals surface area contributed by atoms with E-state index in [0.29, 0.717) is 5.56 Å². The van der Waals surface area contributed by atoms with Crippen LogP contribution in [0.3, 0.4) is 0 Å². The van der Waals surface area contributed by atoms with Crippen molar-refractivity contribution < 1.29 is 9.18 Å². The predicted octanol–water partition coefficient (Wildman–Crippen LogP) is 3.25. The van der Waals surface area contributed by atoms with Crippen molar-refractivity contribution in [3.05, 3.63) is 59.2 Å². The van der Waals surface area contributed by atoms with Gasteiger partial charge in [0.05, 0.1) is 6.20 Å². The van der Waals surface area contributed by atoms with E-state index in [1.165, 1.54) is 30.3 Å². The summed E-state index contributed by atoms with van der Waals surface area (Å²) in [6.07, 6.45) is 4.95. The molecule has 0 aliphatic rings. The van der Waals surface area contributed by atoms with Crippen LogP contribution >= 0.6 is 0 Å². The normalized spacial score (nSPS) is 11.1. The zero-order valence-electron chi connectivity index (χ0n) is 10.9. The zero-order valence-corrected chi connectivity index (χ0v) is 10.9. The van der Waals surface area contributed by atoms with Crippen LogP contribution in [0, 0.1) is 12.7 Å². The van der Waals surface area contributed by atoms with Gasteiger partial charge in [-0.05, 0) is 50.3 Å². The second-order valence-electron chi connectivity index (χ2n) is 4.21. The van der Waals surface area contributed by atoms with E-state index in [1.807, 2.05) is 18.5 Å². The number of hydrogen-bond donors (Lipinski definition) is 0. The molecule has 2 rings (SSSR count). The number of ketones is 1. The van der Waals surface area contributed by atoms with E-state index in [9.17, 15) is 9.18 Å². The number of carbonyl (C=O) groups excluding carboxylic acids is 1. The number of hydrogen-bond acceptors (Lipinski definition) is 2. The van der Waals surface area contributed by atoms with E-state index in [4.69, 9.17) is 0 Å². The summed E-state index contributed by atoms with van der Waals surface area (Å²) in [5.74, 6) is -0.496. The molecule has 2 aromatic rings. The molecule has 0 bridgehead atoms. The molecule has 0 N–H and O–H groups in total. The van der Waals surface area contributed by atoms with E-state index in [2.05, 4.69) is 5.10 Å². The molecule has 1 aromatic carbocycles. The third kappa shape index (κ3) is 2.96. The summed E-state index contributed by atoms with van der Waals surface area (Å²) in [5, 5.41) is 4.20. The highest BCUT2D eigenvalue weighted by Gasteiger charge is 2.04. The summed E-state index contributed by atoms with van der Waals surface area (Å²) in [4.78, 5) is 11.9. The maximum atomic E-state index is 12.8. The quantitative estimate of drug-likeness (QED) is 0.623. The summed E-state index contributed by atoms with van der Waals surface area (Å²) < 4.78 is 14.6. The molecule has 19 heavy (non-hydrogen) atoms. The third-order valence-electron chi connectivity index (χ3n) is 2.98. The Bertz CT molecular complexity index is 612. The molecule has 1 heterocycles. The van der Waals surface area contributed by atoms with Gasteiger partial charge in [-0.25, -0.2) is 4.39 Å². The number of rotatable bonds is 4. The molecule has 98 valence electrons. The Balaban J connectivity index is 2.16. The van der Waals surface area contributed by atoms with Crippen molar-refractivity contribution in [3.63, 3.8) is 0 Å². The summed E-state index contributed by atoms with van der Waals surface area (Å²) in [7, 11) is 0. The van der Waals surface area contributed by atoms with Gasteiger partial charge < -0.3 is 0 Å². The molecule has 0 spiro atoms. The fourth-order valence-electron chi connectivity index (χ4n) is 1.82. The minimum Gasteiger partial charge on any atom is -0.289 e. The molecule has 0 amide bonds. The smallest absolute Gasteiger partial charge is 0.185 e. The van der Waals surface area contributed by atoms with Gasteiger partial charge in [0.15, 0.2) is 5.78 Å². The third-order valence-corrected chi connectivity index (χ3v) is 2.98. The lowest BCUT2D eigenvalue weighted by atomic mass is 10.1. The van der Waals surface area contributed by atoms with Crippen molar-refractivity contribution in [2.24, 2.45) is 0 Å². The van der Waals surface area contributed by atoms with Gasteiger partial charge in [0, 0.05) is 23.4 Å². The number of benzene rings is 1. The Hall–Kier alpha value is -2.23. The lowest BCUT2D eigenvalue weighted by molar-refractivity contribution is 0.104. The van der Waals surface area contributed by atoms with Crippen LogP contribution in [0.25, 0.3) is 6.08 Å². The van der Waals surface area contributed by atoms with Crippen LogP contribution in [0.4, 0.5) is 4.39 Å². The average molecular weight is 258 g/mol. The molecule has 3 nitrogen and oxygen atoms in total. The molecule has 0 radical (unpaired) electrons. The van der Waals surface area contributed by atoms with E-state index < -0.39 is 0 Å². The number of aryl methyl sites for hydroxylation is 1. The highest BCUT2D eigenvalue weighted by molar-refractivity contribution is 6.06. The van der Waals surface area contributed by atoms with Gasteiger partial charge in [-0.3, -0.25) is 9.48 Å². The highest BCUT2D eigenvalue weighted by Crippen LogP contribution is 2.11. The molecule has 1 aromatic heterocycles. The van der Waals surface area contributed by atoms with E-state index in [0.717, 1.165) is 17.8 Å². The van der Waals surface area contributed by atoms with Crippen LogP contribution in [-0.4, -0.2) is 15.6 Å². The zero-order chi connectivity index (χ0) is 13.8. The van der Waals surface area contributed by atoms with Crippen LogP contribution in [0.1, 0.15) is 28.5 Å². The SMILES string of the molecule is CCn1ncc(/C=C/C(=O)c2ccc(F)cc2)c1C. The topological polar surface area (TPSA) is 34.9 Å². The van der Waals surface area contributed by atoms with Crippen molar-refractivity contribution in [2.75, 3.05) is 0 Å². The molecular formula is C15H15FN2O.